The molecule has 12 heteroatoms. The van der Waals surface area contributed by atoms with Gasteiger partial charge in [-0.05, 0) is 42.4 Å². The topological polar surface area (TPSA) is 208 Å². The Kier molecular flexibility index (Phi) is 12.5. The number of nitrogens with two attached hydrogens (primary N) is 1. The van der Waals surface area contributed by atoms with E-state index in [-0.39, 0.29) is 24.5 Å². The van der Waals surface area contributed by atoms with Gasteiger partial charge < -0.3 is 37.0 Å². The van der Waals surface area contributed by atoms with Crippen LogP contribution in [0.4, 0.5) is 0 Å². The van der Waals surface area contributed by atoms with Crippen LogP contribution in [-0.4, -0.2) is 69.1 Å². The van der Waals surface area contributed by atoms with E-state index >= 15 is 0 Å². The molecule has 0 spiro atoms. The Balaban J connectivity index is 2.95. The van der Waals surface area contributed by atoms with Gasteiger partial charge >= 0.3 is 11.9 Å². The molecular weight excluding hydrogens is 484 g/mol. The molecule has 0 fully saturated rings. The third-order valence-corrected chi connectivity index (χ3v) is 6.03. The van der Waals surface area contributed by atoms with Gasteiger partial charge in [-0.25, -0.2) is 4.79 Å². The van der Waals surface area contributed by atoms with E-state index in [1.54, 1.807) is 32.9 Å². The van der Waals surface area contributed by atoms with E-state index in [0.717, 1.165) is 5.56 Å². The Morgan fingerprint density at radius 1 is 0.865 bits per heavy atom. The number of benzene rings is 1. The van der Waals surface area contributed by atoms with Gasteiger partial charge in [-0.15, -0.1) is 0 Å². The van der Waals surface area contributed by atoms with E-state index in [0.29, 0.717) is 6.42 Å². The molecule has 3 amide bonds. The summed E-state index contributed by atoms with van der Waals surface area (Å²) in [6, 6.07) is 1.66. The molecule has 0 radical (unpaired) electrons. The fourth-order valence-electron chi connectivity index (χ4n) is 3.51. The molecular formula is C25H38N4O8. The van der Waals surface area contributed by atoms with Crippen molar-refractivity contribution in [3.8, 4) is 5.75 Å². The van der Waals surface area contributed by atoms with Crippen LogP contribution in [0, 0.1) is 11.8 Å². The number of amides is 3. The van der Waals surface area contributed by atoms with Crippen molar-refractivity contribution in [1.82, 2.24) is 16.0 Å². The first-order valence-corrected chi connectivity index (χ1v) is 12.2. The lowest BCUT2D eigenvalue weighted by Gasteiger charge is -2.29. The van der Waals surface area contributed by atoms with Gasteiger partial charge in [0.2, 0.25) is 17.7 Å². The van der Waals surface area contributed by atoms with Crippen molar-refractivity contribution in [3.05, 3.63) is 29.8 Å². The van der Waals surface area contributed by atoms with Crippen molar-refractivity contribution >= 4 is 29.7 Å². The Labute approximate surface area is 216 Å². The summed E-state index contributed by atoms with van der Waals surface area (Å²) in [5.41, 5.74) is 6.76. The number of aliphatic carboxylic acids is 2. The largest absolute Gasteiger partial charge is 0.508 e. The van der Waals surface area contributed by atoms with Crippen LogP contribution < -0.4 is 21.7 Å². The lowest BCUT2D eigenvalue weighted by molar-refractivity contribution is -0.143. The first-order chi connectivity index (χ1) is 17.3. The second-order valence-corrected chi connectivity index (χ2v) is 9.41. The molecule has 0 aliphatic heterocycles. The number of hydrogen-bond donors (Lipinski definition) is 7. The second-order valence-electron chi connectivity index (χ2n) is 9.41. The SMILES string of the molecule is CCC(C)C(NC(=O)C(N)Cc1ccc(O)cc1)C(=O)NC(C(=O)NC(CCC(=O)O)C(=O)O)C(C)C. The highest BCUT2D eigenvalue weighted by atomic mass is 16.4. The molecule has 12 nitrogen and oxygen atoms in total. The van der Waals surface area contributed by atoms with Gasteiger partial charge in [0.15, 0.2) is 0 Å². The van der Waals surface area contributed by atoms with Gasteiger partial charge in [-0.3, -0.25) is 19.2 Å². The summed E-state index contributed by atoms with van der Waals surface area (Å²) in [7, 11) is 0. The minimum absolute atomic E-state index is 0.0792. The Morgan fingerprint density at radius 3 is 1.89 bits per heavy atom. The zero-order chi connectivity index (χ0) is 28.3. The van der Waals surface area contributed by atoms with Crippen molar-refractivity contribution in [1.29, 1.82) is 0 Å². The molecule has 0 aliphatic rings. The number of carbonyl (C=O) groups excluding carboxylic acids is 3. The normalized spacial score (nSPS) is 15.1. The Morgan fingerprint density at radius 2 is 1.41 bits per heavy atom. The minimum Gasteiger partial charge on any atom is -0.508 e. The van der Waals surface area contributed by atoms with Crippen molar-refractivity contribution in [2.45, 2.75) is 77.5 Å². The van der Waals surface area contributed by atoms with Crippen LogP contribution in [0.2, 0.25) is 0 Å². The van der Waals surface area contributed by atoms with Crippen LogP contribution in [0.25, 0.3) is 0 Å². The van der Waals surface area contributed by atoms with Crippen LogP contribution >= 0.6 is 0 Å². The molecule has 0 heterocycles. The molecule has 206 valence electrons. The molecule has 0 aliphatic carbocycles. The second kappa shape index (κ2) is 14.8. The number of carbonyl (C=O) groups is 5. The van der Waals surface area contributed by atoms with E-state index < -0.39 is 66.2 Å². The van der Waals surface area contributed by atoms with Crippen molar-refractivity contribution in [3.63, 3.8) is 0 Å². The predicted octanol–water partition coefficient (Wildman–Crippen LogP) is 0.368. The van der Waals surface area contributed by atoms with E-state index in [9.17, 15) is 34.2 Å². The lowest BCUT2D eigenvalue weighted by Crippen LogP contribution is -2.59. The maximum Gasteiger partial charge on any atom is 0.326 e. The lowest BCUT2D eigenvalue weighted by atomic mass is 9.95. The number of phenols is 1. The molecule has 1 aromatic carbocycles. The maximum absolute atomic E-state index is 13.2. The summed E-state index contributed by atoms with van der Waals surface area (Å²) < 4.78 is 0. The monoisotopic (exact) mass is 522 g/mol. The number of carboxylic acids is 2. The number of aromatic hydroxyl groups is 1. The minimum atomic E-state index is -1.44. The smallest absolute Gasteiger partial charge is 0.326 e. The first-order valence-electron chi connectivity index (χ1n) is 12.2. The van der Waals surface area contributed by atoms with Crippen LogP contribution in [-0.2, 0) is 30.4 Å². The zero-order valence-corrected chi connectivity index (χ0v) is 21.6. The zero-order valence-electron chi connectivity index (χ0n) is 21.6. The van der Waals surface area contributed by atoms with Crippen molar-refractivity contribution in [2.75, 3.05) is 0 Å². The predicted molar refractivity (Wildman–Crippen MR) is 134 cm³/mol. The quantitative estimate of drug-likeness (QED) is 0.169. The van der Waals surface area contributed by atoms with Gasteiger partial charge in [0.05, 0.1) is 6.04 Å². The summed E-state index contributed by atoms with van der Waals surface area (Å²) in [5, 5.41) is 35.1. The standard InChI is InChI=1S/C25H38N4O8/c1-5-14(4)21(29-22(33)17(26)12-15-6-8-16(30)9-7-15)24(35)28-20(13(2)3)23(34)27-18(25(36)37)10-11-19(31)32/h6-9,13-14,17-18,20-21,30H,5,10-12,26H2,1-4H3,(H,27,34)(H,28,35)(H,29,33)(H,31,32)(H,36,37). The highest BCUT2D eigenvalue weighted by Crippen LogP contribution is 2.13. The highest BCUT2D eigenvalue weighted by Gasteiger charge is 2.33. The molecule has 0 bridgehead atoms. The Hall–Kier alpha value is -3.67. The molecule has 0 saturated heterocycles. The van der Waals surface area contributed by atoms with Gasteiger partial charge in [-0.1, -0.05) is 46.2 Å². The maximum atomic E-state index is 13.2. The molecule has 37 heavy (non-hydrogen) atoms. The molecule has 0 aromatic heterocycles. The number of carboxylic acid groups (broad SMARTS) is 2. The first kappa shape index (κ1) is 31.4. The summed E-state index contributed by atoms with van der Waals surface area (Å²) in [6.07, 6.45) is -0.0760. The Bertz CT molecular complexity index is 951. The highest BCUT2D eigenvalue weighted by molar-refractivity contribution is 5.94. The van der Waals surface area contributed by atoms with Crippen LogP contribution in [0.1, 0.15) is 52.5 Å². The van der Waals surface area contributed by atoms with Gasteiger partial charge in [0.25, 0.3) is 0 Å². The van der Waals surface area contributed by atoms with Crippen LogP contribution in [0.15, 0.2) is 24.3 Å². The van der Waals surface area contributed by atoms with Crippen molar-refractivity contribution in [2.24, 2.45) is 17.6 Å². The molecule has 5 atom stereocenters. The fraction of sp³-hybridized carbons (Fsp3) is 0.560. The molecule has 0 saturated carbocycles. The molecule has 5 unspecified atom stereocenters. The van der Waals surface area contributed by atoms with Crippen LogP contribution in [0.3, 0.4) is 0 Å². The van der Waals surface area contributed by atoms with E-state index in [2.05, 4.69) is 16.0 Å². The fourth-order valence-corrected chi connectivity index (χ4v) is 3.51. The summed E-state index contributed by atoms with van der Waals surface area (Å²) in [4.78, 5) is 61.1. The number of phenolic OH excluding ortho intramolecular Hbond substituents is 1. The van der Waals surface area contributed by atoms with Gasteiger partial charge in [0, 0.05) is 6.42 Å². The van der Waals surface area contributed by atoms with Gasteiger partial charge in [-0.2, -0.15) is 0 Å². The number of hydrogen-bond acceptors (Lipinski definition) is 7. The van der Waals surface area contributed by atoms with E-state index in [1.165, 1.54) is 12.1 Å². The average Bonchev–Trinajstić information content (AvgIpc) is 2.83. The molecule has 1 aromatic rings. The molecule has 8 N–H and O–H groups in total. The van der Waals surface area contributed by atoms with E-state index in [1.807, 2.05) is 6.92 Å². The summed E-state index contributed by atoms with van der Waals surface area (Å²) >= 11 is 0. The van der Waals surface area contributed by atoms with Crippen LogP contribution in [0.5, 0.6) is 5.75 Å². The summed E-state index contributed by atoms with van der Waals surface area (Å²) in [6.45, 7) is 6.90. The third-order valence-electron chi connectivity index (χ3n) is 6.03. The molecule has 1 rings (SSSR count). The summed E-state index contributed by atoms with van der Waals surface area (Å²) in [5.74, 6) is -5.26. The van der Waals surface area contributed by atoms with Crippen molar-refractivity contribution < 1.29 is 39.3 Å². The average molecular weight is 523 g/mol. The third kappa shape index (κ3) is 10.5. The van der Waals surface area contributed by atoms with Gasteiger partial charge in [0.1, 0.15) is 23.9 Å². The van der Waals surface area contributed by atoms with E-state index in [4.69, 9.17) is 10.8 Å². The number of rotatable bonds is 15. The number of nitrogens with one attached hydrogen (secondary N) is 3.